The molecule has 134 valence electrons. The zero-order chi connectivity index (χ0) is 17.0. The normalized spacial score (nSPS) is 24.1. The van der Waals surface area contributed by atoms with Crippen molar-refractivity contribution in [2.45, 2.75) is 70.1 Å². The first-order valence-corrected chi connectivity index (χ1v) is 9.08. The molecule has 3 rings (SSSR count). The number of hydrogen-bond acceptors (Lipinski definition) is 5. The van der Waals surface area contributed by atoms with Crippen molar-refractivity contribution < 1.29 is 14.6 Å². The van der Waals surface area contributed by atoms with Crippen LogP contribution >= 0.6 is 0 Å². The number of likely N-dealkylation sites (tertiary alicyclic amines) is 1. The Kier molecular flexibility index (Phi) is 5.50. The minimum Gasteiger partial charge on any atom is -0.389 e. The molecule has 2 fully saturated rings. The summed E-state index contributed by atoms with van der Waals surface area (Å²) in [4.78, 5) is 14.6. The van der Waals surface area contributed by atoms with Crippen molar-refractivity contribution in [1.82, 2.24) is 19.9 Å². The third-order valence-corrected chi connectivity index (χ3v) is 5.24. The Bertz CT molecular complexity index is 554. The van der Waals surface area contributed by atoms with Gasteiger partial charge in [0.2, 0.25) is 5.91 Å². The maximum Gasteiger partial charge on any atom is 0.244 e. The van der Waals surface area contributed by atoms with E-state index in [-0.39, 0.29) is 12.5 Å². The predicted molar refractivity (Wildman–Crippen MR) is 88.4 cm³/mol. The Labute approximate surface area is 143 Å². The van der Waals surface area contributed by atoms with Gasteiger partial charge in [0.05, 0.1) is 11.3 Å². The number of ether oxygens (including phenoxy) is 1. The summed E-state index contributed by atoms with van der Waals surface area (Å²) in [6.07, 6.45) is 7.87. The van der Waals surface area contributed by atoms with Crippen LogP contribution in [0.25, 0.3) is 0 Å². The molecule has 7 heteroatoms. The SMILES string of the molecule is CCC1CCCCN1C(=O)Cn1cc(CC2(O)CCOCC2)nn1. The second-order valence-electron chi connectivity index (χ2n) is 7.07. The molecule has 0 aliphatic carbocycles. The number of amides is 1. The molecule has 1 unspecified atom stereocenters. The van der Waals surface area contributed by atoms with Crippen LogP contribution in [-0.2, 0) is 22.5 Å². The van der Waals surface area contributed by atoms with E-state index in [1.807, 2.05) is 4.90 Å². The number of carbonyl (C=O) groups excluding carboxylic acids is 1. The summed E-state index contributed by atoms with van der Waals surface area (Å²) in [5, 5.41) is 18.8. The summed E-state index contributed by atoms with van der Waals surface area (Å²) in [5.74, 6) is 0.114. The fraction of sp³-hybridized carbons (Fsp3) is 0.824. The maximum atomic E-state index is 12.6. The van der Waals surface area contributed by atoms with Crippen molar-refractivity contribution in [3.05, 3.63) is 11.9 Å². The first-order chi connectivity index (χ1) is 11.6. The van der Waals surface area contributed by atoms with Crippen molar-refractivity contribution in [2.24, 2.45) is 0 Å². The van der Waals surface area contributed by atoms with Crippen LogP contribution in [0.4, 0.5) is 0 Å². The second-order valence-corrected chi connectivity index (χ2v) is 7.07. The molecule has 2 aliphatic heterocycles. The number of aromatic nitrogens is 3. The third kappa shape index (κ3) is 4.13. The van der Waals surface area contributed by atoms with Gasteiger partial charge in [0.25, 0.3) is 0 Å². The van der Waals surface area contributed by atoms with Crippen LogP contribution in [0.2, 0.25) is 0 Å². The molecule has 1 amide bonds. The highest BCUT2D eigenvalue weighted by Gasteiger charge is 2.31. The molecule has 2 saturated heterocycles. The Balaban J connectivity index is 1.58. The zero-order valence-corrected chi connectivity index (χ0v) is 14.5. The van der Waals surface area contributed by atoms with E-state index in [0.29, 0.717) is 38.5 Å². The molecule has 1 atom stereocenters. The van der Waals surface area contributed by atoms with Crippen LogP contribution in [-0.4, -0.2) is 62.3 Å². The number of rotatable bonds is 5. The van der Waals surface area contributed by atoms with Crippen LogP contribution in [0, 0.1) is 0 Å². The molecule has 7 nitrogen and oxygen atoms in total. The molecule has 0 spiro atoms. The molecule has 3 heterocycles. The van der Waals surface area contributed by atoms with E-state index >= 15 is 0 Å². The first-order valence-electron chi connectivity index (χ1n) is 9.08. The lowest BCUT2D eigenvalue weighted by Gasteiger charge is -2.35. The molecule has 1 N–H and O–H groups in total. The number of hydrogen-bond donors (Lipinski definition) is 1. The van der Waals surface area contributed by atoms with Gasteiger partial charge in [0, 0.05) is 38.4 Å². The molecule has 0 saturated carbocycles. The van der Waals surface area contributed by atoms with Crippen LogP contribution in [0.1, 0.15) is 51.1 Å². The molecule has 0 bridgehead atoms. The van der Waals surface area contributed by atoms with Gasteiger partial charge >= 0.3 is 0 Å². The topological polar surface area (TPSA) is 80.5 Å². The van der Waals surface area contributed by atoms with Crippen molar-refractivity contribution in [1.29, 1.82) is 0 Å². The highest BCUT2D eigenvalue weighted by atomic mass is 16.5. The van der Waals surface area contributed by atoms with E-state index < -0.39 is 5.60 Å². The molecular weight excluding hydrogens is 308 g/mol. The fourth-order valence-corrected chi connectivity index (χ4v) is 3.74. The Hall–Kier alpha value is -1.47. The van der Waals surface area contributed by atoms with Crippen LogP contribution in [0.5, 0.6) is 0 Å². The van der Waals surface area contributed by atoms with Crippen molar-refractivity contribution in [2.75, 3.05) is 19.8 Å². The number of aliphatic hydroxyl groups is 1. The van der Waals surface area contributed by atoms with E-state index in [1.54, 1.807) is 10.9 Å². The van der Waals surface area contributed by atoms with Gasteiger partial charge < -0.3 is 14.7 Å². The fourth-order valence-electron chi connectivity index (χ4n) is 3.74. The minimum absolute atomic E-state index is 0.114. The van der Waals surface area contributed by atoms with Gasteiger partial charge in [-0.15, -0.1) is 5.10 Å². The summed E-state index contributed by atoms with van der Waals surface area (Å²) in [7, 11) is 0. The van der Waals surface area contributed by atoms with E-state index in [2.05, 4.69) is 17.2 Å². The largest absolute Gasteiger partial charge is 0.389 e. The van der Waals surface area contributed by atoms with Gasteiger partial charge in [-0.25, -0.2) is 4.68 Å². The van der Waals surface area contributed by atoms with Gasteiger partial charge in [-0.05, 0) is 38.5 Å². The summed E-state index contributed by atoms with van der Waals surface area (Å²) < 4.78 is 6.90. The molecule has 24 heavy (non-hydrogen) atoms. The van der Waals surface area contributed by atoms with Gasteiger partial charge in [0.15, 0.2) is 0 Å². The molecule has 2 aliphatic rings. The number of piperidine rings is 1. The van der Waals surface area contributed by atoms with Crippen LogP contribution in [0.15, 0.2) is 6.20 Å². The molecule has 1 aromatic heterocycles. The molecule has 0 aromatic carbocycles. The Morgan fingerprint density at radius 2 is 2.21 bits per heavy atom. The number of carbonyl (C=O) groups is 1. The summed E-state index contributed by atoms with van der Waals surface area (Å²) in [6, 6.07) is 0.359. The highest BCUT2D eigenvalue weighted by Crippen LogP contribution is 2.24. The average Bonchev–Trinajstić information content (AvgIpc) is 3.01. The summed E-state index contributed by atoms with van der Waals surface area (Å²) in [5.41, 5.74) is -0.0265. The highest BCUT2D eigenvalue weighted by molar-refractivity contribution is 5.76. The average molecular weight is 336 g/mol. The minimum atomic E-state index is -0.761. The lowest BCUT2D eigenvalue weighted by atomic mass is 9.90. The first kappa shape index (κ1) is 17.4. The second kappa shape index (κ2) is 7.61. The van der Waals surface area contributed by atoms with E-state index in [1.165, 1.54) is 6.42 Å². The van der Waals surface area contributed by atoms with Gasteiger partial charge in [-0.3, -0.25) is 4.79 Å². The predicted octanol–water partition coefficient (Wildman–Crippen LogP) is 1.15. The molecule has 0 radical (unpaired) electrons. The Morgan fingerprint density at radius 1 is 1.42 bits per heavy atom. The zero-order valence-electron chi connectivity index (χ0n) is 14.5. The lowest BCUT2D eigenvalue weighted by molar-refractivity contribution is -0.135. The van der Waals surface area contributed by atoms with E-state index in [0.717, 1.165) is 31.5 Å². The Morgan fingerprint density at radius 3 is 2.96 bits per heavy atom. The van der Waals surface area contributed by atoms with Crippen molar-refractivity contribution >= 4 is 5.91 Å². The quantitative estimate of drug-likeness (QED) is 0.872. The van der Waals surface area contributed by atoms with Crippen LogP contribution < -0.4 is 0 Å². The van der Waals surface area contributed by atoms with Gasteiger partial charge in [-0.1, -0.05) is 12.1 Å². The summed E-state index contributed by atoms with van der Waals surface area (Å²) >= 11 is 0. The maximum absolute atomic E-state index is 12.6. The molecule has 1 aromatic rings. The van der Waals surface area contributed by atoms with E-state index in [4.69, 9.17) is 4.74 Å². The monoisotopic (exact) mass is 336 g/mol. The number of nitrogens with zero attached hydrogens (tertiary/aromatic N) is 4. The summed E-state index contributed by atoms with van der Waals surface area (Å²) in [6.45, 7) is 4.37. The van der Waals surface area contributed by atoms with Crippen molar-refractivity contribution in [3.63, 3.8) is 0 Å². The smallest absolute Gasteiger partial charge is 0.244 e. The molecular formula is C17H28N4O3. The van der Waals surface area contributed by atoms with Gasteiger partial charge in [0.1, 0.15) is 6.54 Å². The third-order valence-electron chi connectivity index (χ3n) is 5.24. The van der Waals surface area contributed by atoms with E-state index in [9.17, 15) is 9.90 Å². The lowest BCUT2D eigenvalue weighted by Crippen LogP contribution is -2.44. The van der Waals surface area contributed by atoms with Crippen molar-refractivity contribution in [3.8, 4) is 0 Å². The van der Waals surface area contributed by atoms with Crippen LogP contribution in [0.3, 0.4) is 0 Å². The standard InChI is InChI=1S/C17H28N4O3/c1-2-15-5-3-4-8-21(15)16(22)13-20-12-14(18-19-20)11-17(23)6-9-24-10-7-17/h12,15,23H,2-11,13H2,1H3. The van der Waals surface area contributed by atoms with Gasteiger partial charge in [-0.2, -0.15) is 0 Å².